The quantitative estimate of drug-likeness (QED) is 0.499. The van der Waals surface area contributed by atoms with Crippen LogP contribution < -0.4 is 16.2 Å². The molecule has 1 heterocycles. The highest BCUT2D eigenvalue weighted by Gasteiger charge is 2.23. The summed E-state index contributed by atoms with van der Waals surface area (Å²) >= 11 is 0. The number of carbonyl (C=O) groups is 1. The van der Waals surface area contributed by atoms with E-state index >= 15 is 0 Å². The van der Waals surface area contributed by atoms with E-state index in [4.69, 9.17) is 0 Å². The van der Waals surface area contributed by atoms with Gasteiger partial charge in [-0.25, -0.2) is 9.97 Å². The molecule has 1 aromatic heterocycles. The van der Waals surface area contributed by atoms with Gasteiger partial charge in [-0.15, -0.1) is 0 Å². The molecule has 3 N–H and O–H groups in total. The van der Waals surface area contributed by atoms with E-state index in [1.165, 1.54) is 6.33 Å². The lowest BCUT2D eigenvalue weighted by atomic mass is 10.1. The third-order valence-corrected chi connectivity index (χ3v) is 3.08. The smallest absolute Gasteiger partial charge is 0.354 e. The molecule has 0 atom stereocenters. The summed E-state index contributed by atoms with van der Waals surface area (Å²) in [5.74, 6) is -0.302. The summed E-state index contributed by atoms with van der Waals surface area (Å²) in [7, 11) is 0. The maximum absolute atomic E-state index is 11.9. The molecule has 0 fully saturated rings. The Balaban J connectivity index is 2.06. The fourth-order valence-electron chi connectivity index (χ4n) is 1.97. The zero-order valence-electron chi connectivity index (χ0n) is 13.2. The highest BCUT2D eigenvalue weighted by molar-refractivity contribution is 5.80. The Morgan fingerprint density at radius 3 is 2.58 bits per heavy atom. The van der Waals surface area contributed by atoms with Crippen LogP contribution in [0.25, 0.3) is 0 Å². The van der Waals surface area contributed by atoms with Gasteiger partial charge in [-0.2, -0.15) is 0 Å². The van der Waals surface area contributed by atoms with Crippen LogP contribution in [0, 0.1) is 10.1 Å². The highest BCUT2D eigenvalue weighted by Crippen LogP contribution is 2.28. The number of aromatic nitrogens is 2. The lowest BCUT2D eigenvalue weighted by molar-refractivity contribution is -0.383. The summed E-state index contributed by atoms with van der Waals surface area (Å²) in [4.78, 5) is 30.3. The van der Waals surface area contributed by atoms with Gasteiger partial charge in [0.15, 0.2) is 0 Å². The molecular weight excluding hydrogens is 312 g/mol. The maximum atomic E-state index is 11.9. The molecule has 0 unspecified atom stereocenters. The average molecular weight is 330 g/mol. The first kappa shape index (κ1) is 17.1. The molecule has 0 saturated heterocycles. The number of carbonyl (C=O) groups excluding carboxylic acids is 1. The Morgan fingerprint density at radius 1 is 1.21 bits per heavy atom. The molecule has 9 heteroatoms. The van der Waals surface area contributed by atoms with Gasteiger partial charge >= 0.3 is 5.69 Å². The van der Waals surface area contributed by atoms with Crippen molar-refractivity contribution in [2.24, 2.45) is 0 Å². The molecule has 2 rings (SSSR count). The Morgan fingerprint density at radius 2 is 1.92 bits per heavy atom. The molecule has 0 radical (unpaired) electrons. The summed E-state index contributed by atoms with van der Waals surface area (Å²) in [6.07, 6.45) is 2.13. The van der Waals surface area contributed by atoms with Gasteiger partial charge in [-0.3, -0.25) is 25.8 Å². The number of nitro groups is 1. The molecule has 0 saturated carbocycles. The fourth-order valence-corrected chi connectivity index (χ4v) is 1.97. The summed E-state index contributed by atoms with van der Waals surface area (Å²) in [5.41, 5.74) is 5.43. The minimum Gasteiger partial charge on any atom is -0.364 e. The van der Waals surface area contributed by atoms with E-state index in [2.05, 4.69) is 26.1 Å². The van der Waals surface area contributed by atoms with Gasteiger partial charge in [0, 0.05) is 6.54 Å². The first-order valence-electron chi connectivity index (χ1n) is 7.43. The van der Waals surface area contributed by atoms with Crippen molar-refractivity contribution in [3.8, 4) is 0 Å². The largest absolute Gasteiger partial charge is 0.364 e. The van der Waals surface area contributed by atoms with E-state index in [1.807, 2.05) is 37.3 Å². The average Bonchev–Trinajstić information content (AvgIpc) is 2.58. The molecule has 0 aliphatic heterocycles. The first-order chi connectivity index (χ1) is 11.6. The Hall–Kier alpha value is -3.23. The van der Waals surface area contributed by atoms with Crippen molar-refractivity contribution in [2.45, 2.75) is 19.8 Å². The molecule has 1 amide bonds. The molecule has 2 aromatic rings. The van der Waals surface area contributed by atoms with Crippen LogP contribution >= 0.6 is 0 Å². The Bertz CT molecular complexity index is 708. The highest BCUT2D eigenvalue weighted by atomic mass is 16.6. The van der Waals surface area contributed by atoms with E-state index < -0.39 is 4.92 Å². The summed E-state index contributed by atoms with van der Waals surface area (Å²) in [6, 6.07) is 9.15. The second-order valence-corrected chi connectivity index (χ2v) is 4.94. The van der Waals surface area contributed by atoms with Gasteiger partial charge in [0.05, 0.1) is 11.3 Å². The minimum absolute atomic E-state index is 0.0741. The normalized spacial score (nSPS) is 10.0. The van der Waals surface area contributed by atoms with Crippen molar-refractivity contribution in [1.82, 2.24) is 15.4 Å². The zero-order valence-corrected chi connectivity index (χ0v) is 13.2. The van der Waals surface area contributed by atoms with Crippen LogP contribution in [0.15, 0.2) is 36.7 Å². The Kier molecular flexibility index (Phi) is 6.01. The number of hydrazine groups is 1. The van der Waals surface area contributed by atoms with Gasteiger partial charge in [0.1, 0.15) is 6.33 Å². The van der Waals surface area contributed by atoms with Crippen molar-refractivity contribution >= 4 is 23.2 Å². The summed E-state index contributed by atoms with van der Waals surface area (Å²) in [5, 5.41) is 14.1. The molecule has 9 nitrogen and oxygen atoms in total. The Labute approximate surface area is 138 Å². The number of hydrogen-bond donors (Lipinski definition) is 3. The van der Waals surface area contributed by atoms with Crippen LogP contribution in [-0.2, 0) is 11.2 Å². The molecule has 0 aliphatic rings. The van der Waals surface area contributed by atoms with E-state index in [0.29, 0.717) is 6.54 Å². The number of benzene rings is 1. The van der Waals surface area contributed by atoms with E-state index in [-0.39, 0.29) is 29.7 Å². The molecule has 0 spiro atoms. The van der Waals surface area contributed by atoms with Gasteiger partial charge < -0.3 is 5.32 Å². The molecule has 24 heavy (non-hydrogen) atoms. The van der Waals surface area contributed by atoms with E-state index in [0.717, 1.165) is 12.0 Å². The second kappa shape index (κ2) is 8.42. The number of nitrogens with zero attached hydrogens (tertiary/aromatic N) is 3. The van der Waals surface area contributed by atoms with Gasteiger partial charge in [0.2, 0.25) is 17.5 Å². The molecule has 1 aromatic carbocycles. The van der Waals surface area contributed by atoms with Crippen LogP contribution in [0.2, 0.25) is 0 Å². The summed E-state index contributed by atoms with van der Waals surface area (Å²) < 4.78 is 0. The van der Waals surface area contributed by atoms with Crippen LogP contribution in [0.3, 0.4) is 0 Å². The van der Waals surface area contributed by atoms with Crippen molar-refractivity contribution in [3.63, 3.8) is 0 Å². The van der Waals surface area contributed by atoms with Crippen LogP contribution in [0.4, 0.5) is 17.3 Å². The summed E-state index contributed by atoms with van der Waals surface area (Å²) in [6.45, 7) is 2.47. The molecule has 0 bridgehead atoms. The third kappa shape index (κ3) is 4.63. The first-order valence-corrected chi connectivity index (χ1v) is 7.43. The van der Waals surface area contributed by atoms with Gasteiger partial charge in [-0.05, 0) is 12.0 Å². The van der Waals surface area contributed by atoms with E-state index in [9.17, 15) is 14.9 Å². The number of anilines is 2. The number of nitrogens with one attached hydrogen (secondary N) is 3. The van der Waals surface area contributed by atoms with Crippen LogP contribution in [0.1, 0.15) is 18.9 Å². The molecular formula is C15H18N6O3. The van der Waals surface area contributed by atoms with Gasteiger partial charge in [-0.1, -0.05) is 37.3 Å². The number of amides is 1. The third-order valence-electron chi connectivity index (χ3n) is 3.08. The number of hydrogen-bond acceptors (Lipinski definition) is 7. The predicted octanol–water partition coefficient (Wildman–Crippen LogP) is 1.89. The fraction of sp³-hybridized carbons (Fsp3) is 0.267. The standard InChI is InChI=1S/C15H18N6O3/c1-2-8-16-14-13(21(23)24)15(18-10-17-14)20-19-12(22)9-11-6-4-3-5-7-11/h3-7,10H,2,8-9H2,1H3,(H,19,22)(H2,16,17,18,20). The van der Waals surface area contributed by atoms with Crippen molar-refractivity contribution in [1.29, 1.82) is 0 Å². The second-order valence-electron chi connectivity index (χ2n) is 4.94. The van der Waals surface area contributed by atoms with Crippen LogP contribution in [-0.4, -0.2) is 27.3 Å². The maximum Gasteiger partial charge on any atom is 0.354 e. The van der Waals surface area contributed by atoms with Crippen molar-refractivity contribution in [2.75, 3.05) is 17.3 Å². The predicted molar refractivity (Wildman–Crippen MR) is 89.4 cm³/mol. The topological polar surface area (TPSA) is 122 Å². The lowest BCUT2D eigenvalue weighted by Gasteiger charge is -2.10. The number of rotatable bonds is 8. The van der Waals surface area contributed by atoms with Gasteiger partial charge in [0.25, 0.3) is 0 Å². The monoisotopic (exact) mass is 330 g/mol. The lowest BCUT2D eigenvalue weighted by Crippen LogP contribution is -2.31. The van der Waals surface area contributed by atoms with E-state index in [1.54, 1.807) is 0 Å². The zero-order chi connectivity index (χ0) is 17.4. The molecule has 126 valence electrons. The SMILES string of the molecule is CCCNc1ncnc(NNC(=O)Cc2ccccc2)c1[N+](=O)[O-]. The minimum atomic E-state index is -0.594. The molecule has 0 aliphatic carbocycles. The van der Waals surface area contributed by atoms with Crippen molar-refractivity contribution in [3.05, 3.63) is 52.3 Å². The van der Waals surface area contributed by atoms with Crippen LogP contribution in [0.5, 0.6) is 0 Å². The van der Waals surface area contributed by atoms with Crippen molar-refractivity contribution < 1.29 is 9.72 Å².